The van der Waals surface area contributed by atoms with E-state index in [-0.39, 0.29) is 6.42 Å². The van der Waals surface area contributed by atoms with Gasteiger partial charge in [0.1, 0.15) is 0 Å². The van der Waals surface area contributed by atoms with Crippen molar-refractivity contribution in [1.29, 1.82) is 0 Å². The van der Waals surface area contributed by atoms with Crippen LogP contribution in [0.5, 0.6) is 0 Å². The lowest BCUT2D eigenvalue weighted by molar-refractivity contribution is -0.154. The lowest BCUT2D eigenvalue weighted by atomic mass is 9.91. The molecule has 1 unspecified atom stereocenters. The van der Waals surface area contributed by atoms with E-state index in [9.17, 15) is 18.3 Å². The predicted octanol–water partition coefficient (Wildman–Crippen LogP) is 2.65. The molecule has 0 amide bonds. The first kappa shape index (κ1) is 12.8. The lowest BCUT2D eigenvalue weighted by Gasteiger charge is -2.33. The summed E-state index contributed by atoms with van der Waals surface area (Å²) in [6.07, 6.45) is -3.28. The van der Waals surface area contributed by atoms with Crippen LogP contribution < -0.4 is 0 Å². The fourth-order valence-electron chi connectivity index (χ4n) is 2.21. The topological polar surface area (TPSA) is 29.5 Å². The number of aliphatic hydroxyl groups excluding tert-OH is 1. The average molecular weight is 226 g/mol. The van der Waals surface area contributed by atoms with Gasteiger partial charge in [0.25, 0.3) is 0 Å². The summed E-state index contributed by atoms with van der Waals surface area (Å²) in [6, 6.07) is 0. The van der Waals surface area contributed by atoms with Gasteiger partial charge in [-0.25, -0.2) is 0 Å². The highest BCUT2D eigenvalue weighted by Gasteiger charge is 2.42. The molecule has 1 saturated carbocycles. The smallest absolute Gasteiger partial charge is 0.389 e. The van der Waals surface area contributed by atoms with E-state index >= 15 is 0 Å². The van der Waals surface area contributed by atoms with Crippen molar-refractivity contribution in [2.75, 3.05) is 7.11 Å². The fourth-order valence-corrected chi connectivity index (χ4v) is 2.21. The zero-order valence-corrected chi connectivity index (χ0v) is 8.81. The monoisotopic (exact) mass is 226 g/mol. The van der Waals surface area contributed by atoms with Crippen molar-refractivity contribution in [1.82, 2.24) is 0 Å². The number of halogens is 3. The third-order valence-electron chi connectivity index (χ3n) is 3.16. The van der Waals surface area contributed by atoms with Crippen molar-refractivity contribution in [2.45, 2.75) is 56.4 Å². The third kappa shape index (κ3) is 3.34. The van der Waals surface area contributed by atoms with E-state index in [0.29, 0.717) is 12.8 Å². The zero-order valence-electron chi connectivity index (χ0n) is 8.81. The molecule has 1 atom stereocenters. The molecule has 0 aromatic rings. The van der Waals surface area contributed by atoms with Crippen molar-refractivity contribution in [2.24, 2.45) is 0 Å². The number of ether oxygens (including phenoxy) is 1. The lowest BCUT2D eigenvalue weighted by Crippen LogP contribution is -2.42. The maximum absolute atomic E-state index is 12.0. The molecule has 0 aromatic heterocycles. The summed E-state index contributed by atoms with van der Waals surface area (Å²) >= 11 is 0. The number of methoxy groups -OCH3 is 1. The van der Waals surface area contributed by atoms with Crippen molar-refractivity contribution in [3.8, 4) is 0 Å². The molecule has 0 bridgehead atoms. The second kappa shape index (κ2) is 4.70. The van der Waals surface area contributed by atoms with Crippen LogP contribution >= 0.6 is 0 Å². The van der Waals surface area contributed by atoms with E-state index in [0.717, 1.165) is 12.8 Å². The summed E-state index contributed by atoms with van der Waals surface area (Å²) in [4.78, 5) is 0. The maximum atomic E-state index is 12.0. The highest BCUT2D eigenvalue weighted by Crippen LogP contribution is 2.38. The molecular formula is C10H17F3O2. The van der Waals surface area contributed by atoms with Crippen LogP contribution in [-0.4, -0.2) is 30.1 Å². The van der Waals surface area contributed by atoms with Crippen molar-refractivity contribution in [3.05, 3.63) is 0 Å². The molecule has 1 aliphatic carbocycles. The van der Waals surface area contributed by atoms with Gasteiger partial charge in [0.05, 0.1) is 11.7 Å². The summed E-state index contributed by atoms with van der Waals surface area (Å²) in [5.41, 5.74) is -0.731. The van der Waals surface area contributed by atoms with Crippen LogP contribution in [0.25, 0.3) is 0 Å². The first-order valence-electron chi connectivity index (χ1n) is 5.20. The number of aliphatic hydroxyl groups is 1. The minimum absolute atomic E-state index is 0.267. The van der Waals surface area contributed by atoms with Gasteiger partial charge in [-0.15, -0.1) is 0 Å². The van der Waals surface area contributed by atoms with Gasteiger partial charge in [0.15, 0.2) is 0 Å². The Bertz CT molecular complexity index is 197. The summed E-state index contributed by atoms with van der Waals surface area (Å²) < 4.78 is 41.1. The average Bonchev–Trinajstić information content (AvgIpc) is 2.62. The molecule has 0 spiro atoms. The van der Waals surface area contributed by atoms with Crippen molar-refractivity contribution in [3.63, 3.8) is 0 Å². The molecule has 15 heavy (non-hydrogen) atoms. The predicted molar refractivity (Wildman–Crippen MR) is 49.5 cm³/mol. The third-order valence-corrected chi connectivity index (χ3v) is 3.16. The molecule has 0 heterocycles. The maximum Gasteiger partial charge on any atom is 0.389 e. The van der Waals surface area contributed by atoms with Gasteiger partial charge in [-0.05, 0) is 19.3 Å². The Morgan fingerprint density at radius 1 is 1.33 bits per heavy atom. The molecule has 0 radical (unpaired) electrons. The van der Waals surface area contributed by atoms with Crippen LogP contribution in [-0.2, 0) is 4.74 Å². The van der Waals surface area contributed by atoms with E-state index in [4.69, 9.17) is 4.74 Å². The Labute approximate surface area is 87.4 Å². The van der Waals surface area contributed by atoms with Gasteiger partial charge in [-0.1, -0.05) is 12.8 Å². The van der Waals surface area contributed by atoms with Crippen LogP contribution in [0.15, 0.2) is 0 Å². The Balaban J connectivity index is 2.47. The Morgan fingerprint density at radius 2 is 1.87 bits per heavy atom. The van der Waals surface area contributed by atoms with Crippen LogP contribution in [0.2, 0.25) is 0 Å². The van der Waals surface area contributed by atoms with Gasteiger partial charge in [-0.3, -0.25) is 0 Å². The molecular weight excluding hydrogens is 209 g/mol. The first-order valence-corrected chi connectivity index (χ1v) is 5.20. The second-order valence-corrected chi connectivity index (χ2v) is 4.15. The number of hydrogen-bond acceptors (Lipinski definition) is 2. The molecule has 1 fully saturated rings. The summed E-state index contributed by atoms with van der Waals surface area (Å²) in [6.45, 7) is 0. The van der Waals surface area contributed by atoms with Gasteiger partial charge >= 0.3 is 6.18 Å². The van der Waals surface area contributed by atoms with E-state index < -0.39 is 24.3 Å². The van der Waals surface area contributed by atoms with Gasteiger partial charge in [0.2, 0.25) is 0 Å². The normalized spacial score (nSPS) is 23.0. The molecule has 0 saturated heterocycles. The van der Waals surface area contributed by atoms with Gasteiger partial charge in [0, 0.05) is 13.5 Å². The zero-order chi connectivity index (χ0) is 11.5. The van der Waals surface area contributed by atoms with Crippen LogP contribution in [0.4, 0.5) is 13.2 Å². The van der Waals surface area contributed by atoms with E-state index in [1.807, 2.05) is 0 Å². The van der Waals surface area contributed by atoms with Crippen LogP contribution in [0.1, 0.15) is 38.5 Å². The minimum Gasteiger partial charge on any atom is -0.390 e. The summed E-state index contributed by atoms with van der Waals surface area (Å²) in [7, 11) is 1.46. The highest BCUT2D eigenvalue weighted by atomic mass is 19.4. The van der Waals surface area contributed by atoms with E-state index in [2.05, 4.69) is 0 Å². The molecule has 1 aliphatic rings. The van der Waals surface area contributed by atoms with Crippen LogP contribution in [0, 0.1) is 0 Å². The molecule has 5 heteroatoms. The second-order valence-electron chi connectivity index (χ2n) is 4.15. The minimum atomic E-state index is -4.20. The summed E-state index contributed by atoms with van der Waals surface area (Å²) in [5.74, 6) is 0. The standard InChI is InChI=1S/C10H17F3O2/c1-15-9(5-2-3-6-9)8(14)4-7-10(11,12)13/h8,14H,2-7H2,1H3. The highest BCUT2D eigenvalue weighted by molar-refractivity contribution is 4.92. The Kier molecular flexibility index (Phi) is 4.00. The molecule has 1 N–H and O–H groups in total. The van der Waals surface area contributed by atoms with E-state index in [1.165, 1.54) is 7.11 Å². The quantitative estimate of drug-likeness (QED) is 0.798. The molecule has 1 rings (SSSR count). The first-order chi connectivity index (χ1) is 6.90. The SMILES string of the molecule is COC1(C(O)CCC(F)(F)F)CCCC1. The van der Waals surface area contributed by atoms with Gasteiger partial charge < -0.3 is 9.84 Å². The molecule has 0 aliphatic heterocycles. The van der Waals surface area contributed by atoms with Crippen LogP contribution in [0.3, 0.4) is 0 Å². The molecule has 90 valence electrons. The number of rotatable bonds is 4. The molecule has 2 nitrogen and oxygen atoms in total. The van der Waals surface area contributed by atoms with Crippen molar-refractivity contribution >= 4 is 0 Å². The fraction of sp³-hybridized carbons (Fsp3) is 1.00. The number of alkyl halides is 3. The van der Waals surface area contributed by atoms with Crippen molar-refractivity contribution < 1.29 is 23.0 Å². The largest absolute Gasteiger partial charge is 0.390 e. The Morgan fingerprint density at radius 3 is 2.27 bits per heavy atom. The van der Waals surface area contributed by atoms with E-state index in [1.54, 1.807) is 0 Å². The summed E-state index contributed by atoms with van der Waals surface area (Å²) in [5, 5.41) is 9.74. The Hall–Kier alpha value is -0.290. The van der Waals surface area contributed by atoms with Gasteiger partial charge in [-0.2, -0.15) is 13.2 Å². The molecule has 0 aromatic carbocycles. The number of hydrogen-bond donors (Lipinski definition) is 1.